The van der Waals surface area contributed by atoms with Gasteiger partial charge in [-0.15, -0.1) is 0 Å². The molecule has 1 atom stereocenters. The molecule has 1 aliphatic rings. The van der Waals surface area contributed by atoms with Crippen LogP contribution in [-0.2, 0) is 22.7 Å². The largest absolute Gasteiger partial charge is 0.372 e. The summed E-state index contributed by atoms with van der Waals surface area (Å²) in [5.74, 6) is -0.278. The van der Waals surface area contributed by atoms with Crippen LogP contribution in [0.2, 0.25) is 0 Å². The number of rotatable bonds is 5. The van der Waals surface area contributed by atoms with Crippen molar-refractivity contribution in [2.45, 2.75) is 45.9 Å². The number of carbonyl (C=O) groups excluding carboxylic acids is 1. The van der Waals surface area contributed by atoms with Crippen LogP contribution in [0.3, 0.4) is 0 Å². The van der Waals surface area contributed by atoms with Gasteiger partial charge < -0.3 is 16.2 Å². The zero-order valence-electron chi connectivity index (χ0n) is 11.6. The predicted molar refractivity (Wildman–Crippen MR) is 74.1 cm³/mol. The van der Waals surface area contributed by atoms with Gasteiger partial charge in [0.1, 0.15) is 0 Å². The van der Waals surface area contributed by atoms with Crippen molar-refractivity contribution in [1.29, 1.82) is 0 Å². The number of nitrogens with two attached hydrogens (primary N) is 2. The molecule has 0 saturated heterocycles. The van der Waals surface area contributed by atoms with Crippen molar-refractivity contribution < 1.29 is 9.53 Å². The van der Waals surface area contributed by atoms with Crippen LogP contribution in [0.25, 0.3) is 0 Å². The molecule has 1 aliphatic heterocycles. The Bertz CT molecular complexity index is 483. The maximum absolute atomic E-state index is 11.1. The number of hydrogen-bond acceptors (Lipinski definition) is 3. The summed E-state index contributed by atoms with van der Waals surface area (Å²) in [6.07, 6.45) is 1.09. The van der Waals surface area contributed by atoms with Gasteiger partial charge in [-0.25, -0.2) is 0 Å². The number of primary amides is 1. The lowest BCUT2D eigenvalue weighted by molar-refractivity contribution is -0.120. The molecule has 1 amide bonds. The Labute approximate surface area is 114 Å². The van der Waals surface area contributed by atoms with E-state index in [4.69, 9.17) is 16.2 Å². The van der Waals surface area contributed by atoms with Gasteiger partial charge in [0.05, 0.1) is 13.2 Å². The van der Waals surface area contributed by atoms with E-state index in [1.54, 1.807) is 0 Å². The average Bonchev–Trinajstić information content (AvgIpc) is 2.72. The Morgan fingerprint density at radius 1 is 1.37 bits per heavy atom. The highest BCUT2D eigenvalue weighted by molar-refractivity contribution is 5.74. The summed E-state index contributed by atoms with van der Waals surface area (Å²) in [4.78, 5) is 11.1. The third-order valence-electron chi connectivity index (χ3n) is 3.60. The van der Waals surface area contributed by atoms with Crippen molar-refractivity contribution in [1.82, 2.24) is 0 Å². The molecular formula is C15H22N2O2. The number of fused-ring (bicyclic) bond motifs is 1. The molecule has 1 aromatic rings. The Hall–Kier alpha value is -1.39. The molecule has 0 fully saturated rings. The predicted octanol–water partition coefficient (Wildman–Crippen LogP) is 2.01. The molecule has 4 heteroatoms. The molecule has 4 nitrogen and oxygen atoms in total. The Balaban J connectivity index is 2.07. The fourth-order valence-electron chi connectivity index (χ4n) is 2.68. The summed E-state index contributed by atoms with van der Waals surface area (Å²) in [5, 5.41) is 0. The van der Waals surface area contributed by atoms with E-state index >= 15 is 0 Å². The molecule has 0 spiro atoms. The van der Waals surface area contributed by atoms with Crippen LogP contribution in [0.1, 0.15) is 49.4 Å². The topological polar surface area (TPSA) is 78.3 Å². The van der Waals surface area contributed by atoms with Crippen molar-refractivity contribution in [2.24, 2.45) is 16.9 Å². The number of hydrogen-bond donors (Lipinski definition) is 2. The summed E-state index contributed by atoms with van der Waals surface area (Å²) >= 11 is 0. The molecule has 0 bridgehead atoms. The van der Waals surface area contributed by atoms with E-state index < -0.39 is 0 Å². The summed E-state index contributed by atoms with van der Waals surface area (Å²) < 4.78 is 5.40. The molecule has 104 valence electrons. The molecule has 1 heterocycles. The number of amides is 1. The standard InChI is InChI=1S/C15H22N2O2/c1-15(2,7-14(17)18)6-13(16)10-3-4-11-8-19-9-12(11)5-10/h3-5,13H,6-9,16H2,1-2H3,(H2,17,18). The fourth-order valence-corrected chi connectivity index (χ4v) is 2.68. The lowest BCUT2D eigenvalue weighted by atomic mass is 9.80. The molecule has 0 aromatic heterocycles. The second-order valence-corrected chi connectivity index (χ2v) is 6.14. The quantitative estimate of drug-likeness (QED) is 0.852. The fraction of sp³-hybridized carbons (Fsp3) is 0.533. The minimum atomic E-state index is -0.278. The first-order chi connectivity index (χ1) is 8.87. The van der Waals surface area contributed by atoms with Gasteiger partial charge in [0, 0.05) is 12.5 Å². The van der Waals surface area contributed by atoms with Gasteiger partial charge in [-0.3, -0.25) is 4.79 Å². The highest BCUT2D eigenvalue weighted by Crippen LogP contribution is 2.32. The van der Waals surface area contributed by atoms with Crippen LogP contribution < -0.4 is 11.5 Å². The second-order valence-electron chi connectivity index (χ2n) is 6.14. The van der Waals surface area contributed by atoms with Gasteiger partial charge in [-0.1, -0.05) is 32.0 Å². The van der Waals surface area contributed by atoms with E-state index in [2.05, 4.69) is 18.2 Å². The van der Waals surface area contributed by atoms with E-state index in [0.717, 1.165) is 12.0 Å². The highest BCUT2D eigenvalue weighted by Gasteiger charge is 2.25. The molecule has 1 aromatic carbocycles. The van der Waals surface area contributed by atoms with Gasteiger partial charge in [0.25, 0.3) is 0 Å². The van der Waals surface area contributed by atoms with Gasteiger partial charge in [-0.2, -0.15) is 0 Å². The second kappa shape index (κ2) is 5.31. The van der Waals surface area contributed by atoms with Crippen molar-refractivity contribution in [2.75, 3.05) is 0 Å². The highest BCUT2D eigenvalue weighted by atomic mass is 16.5. The molecule has 2 rings (SSSR count). The van der Waals surface area contributed by atoms with Crippen LogP contribution >= 0.6 is 0 Å². The number of carbonyl (C=O) groups is 1. The Kier molecular flexibility index (Phi) is 3.92. The first-order valence-corrected chi connectivity index (χ1v) is 6.61. The van der Waals surface area contributed by atoms with Gasteiger partial charge in [0.2, 0.25) is 5.91 Å². The van der Waals surface area contributed by atoms with E-state index in [9.17, 15) is 4.79 Å². The molecular weight excluding hydrogens is 240 g/mol. The first-order valence-electron chi connectivity index (χ1n) is 6.61. The maximum Gasteiger partial charge on any atom is 0.217 e. The monoisotopic (exact) mass is 262 g/mol. The SMILES string of the molecule is CC(C)(CC(N)=O)CC(N)c1ccc2c(c1)COC2. The van der Waals surface area contributed by atoms with E-state index in [1.807, 2.05) is 13.8 Å². The number of benzene rings is 1. The van der Waals surface area contributed by atoms with E-state index in [1.165, 1.54) is 11.1 Å². The van der Waals surface area contributed by atoms with Gasteiger partial charge in [-0.05, 0) is 28.5 Å². The van der Waals surface area contributed by atoms with Crippen LogP contribution in [0, 0.1) is 5.41 Å². The molecule has 4 N–H and O–H groups in total. The molecule has 0 saturated carbocycles. The van der Waals surface area contributed by atoms with Crippen molar-refractivity contribution in [3.63, 3.8) is 0 Å². The van der Waals surface area contributed by atoms with Crippen LogP contribution in [0.5, 0.6) is 0 Å². The Morgan fingerprint density at radius 2 is 2.05 bits per heavy atom. The third kappa shape index (κ3) is 3.55. The zero-order valence-corrected chi connectivity index (χ0v) is 11.6. The third-order valence-corrected chi connectivity index (χ3v) is 3.60. The maximum atomic E-state index is 11.1. The minimum Gasteiger partial charge on any atom is -0.372 e. The lowest BCUT2D eigenvalue weighted by Gasteiger charge is -2.27. The molecule has 1 unspecified atom stereocenters. The summed E-state index contributed by atoms with van der Waals surface area (Å²) in [5.41, 5.74) is 14.9. The summed E-state index contributed by atoms with van der Waals surface area (Å²) in [6, 6.07) is 6.17. The molecule has 0 radical (unpaired) electrons. The van der Waals surface area contributed by atoms with Crippen LogP contribution in [0.15, 0.2) is 18.2 Å². The lowest BCUT2D eigenvalue weighted by Crippen LogP contribution is -2.27. The minimum absolute atomic E-state index is 0.0831. The summed E-state index contributed by atoms with van der Waals surface area (Å²) in [6.45, 7) is 5.40. The zero-order chi connectivity index (χ0) is 14.0. The van der Waals surface area contributed by atoms with E-state index in [-0.39, 0.29) is 17.4 Å². The summed E-state index contributed by atoms with van der Waals surface area (Å²) in [7, 11) is 0. The van der Waals surface area contributed by atoms with E-state index in [0.29, 0.717) is 19.6 Å². The van der Waals surface area contributed by atoms with Gasteiger partial charge >= 0.3 is 0 Å². The molecule has 0 aliphatic carbocycles. The van der Waals surface area contributed by atoms with Gasteiger partial charge in [0.15, 0.2) is 0 Å². The average molecular weight is 262 g/mol. The van der Waals surface area contributed by atoms with Crippen molar-refractivity contribution >= 4 is 5.91 Å². The van der Waals surface area contributed by atoms with Crippen molar-refractivity contribution in [3.05, 3.63) is 34.9 Å². The Morgan fingerprint density at radius 3 is 2.74 bits per heavy atom. The molecule has 19 heavy (non-hydrogen) atoms. The van der Waals surface area contributed by atoms with Crippen LogP contribution in [-0.4, -0.2) is 5.91 Å². The van der Waals surface area contributed by atoms with Crippen molar-refractivity contribution in [3.8, 4) is 0 Å². The number of ether oxygens (including phenoxy) is 1. The first kappa shape index (κ1) is 14.0. The normalized spacial score (nSPS) is 16.2. The van der Waals surface area contributed by atoms with Crippen LogP contribution in [0.4, 0.5) is 0 Å². The smallest absolute Gasteiger partial charge is 0.217 e.